The average molecular weight is 391 g/mol. The molecule has 154 valence electrons. The van der Waals surface area contributed by atoms with E-state index in [4.69, 9.17) is 5.73 Å². The van der Waals surface area contributed by atoms with Crippen molar-refractivity contribution in [3.8, 4) is 5.75 Å². The maximum absolute atomic E-state index is 12.7. The highest BCUT2D eigenvalue weighted by Gasteiger charge is 2.37. The molecule has 1 aliphatic heterocycles. The van der Waals surface area contributed by atoms with E-state index < -0.39 is 30.0 Å². The highest BCUT2D eigenvalue weighted by molar-refractivity contribution is 5.92. The number of hydrogen-bond acceptors (Lipinski definition) is 5. The quantitative estimate of drug-likeness (QED) is 0.520. The number of benzene rings is 1. The summed E-state index contributed by atoms with van der Waals surface area (Å²) in [6.07, 6.45) is 1.77. The van der Waals surface area contributed by atoms with E-state index in [1.165, 1.54) is 17.0 Å². The van der Waals surface area contributed by atoms with Crippen molar-refractivity contribution >= 4 is 17.8 Å². The van der Waals surface area contributed by atoms with Gasteiger partial charge in [0, 0.05) is 13.0 Å². The lowest BCUT2D eigenvalue weighted by molar-refractivity contribution is -0.144. The number of aliphatic carboxylic acids is 1. The summed E-state index contributed by atoms with van der Waals surface area (Å²) in [5, 5.41) is 21.4. The van der Waals surface area contributed by atoms with E-state index in [1.54, 1.807) is 12.1 Å². The molecule has 1 aliphatic rings. The Morgan fingerprint density at radius 2 is 1.89 bits per heavy atom. The van der Waals surface area contributed by atoms with Crippen molar-refractivity contribution in [3.63, 3.8) is 0 Å². The number of phenols is 1. The molecule has 0 bridgehead atoms. The number of carboxylic acids is 1. The zero-order valence-corrected chi connectivity index (χ0v) is 16.3. The Balaban J connectivity index is 2.04. The van der Waals surface area contributed by atoms with Crippen molar-refractivity contribution in [1.29, 1.82) is 0 Å². The smallest absolute Gasteiger partial charge is 0.326 e. The first-order valence-corrected chi connectivity index (χ1v) is 9.56. The minimum atomic E-state index is -1.16. The standard InChI is InChI=1S/C20H29N3O5/c1-12(2)10-15(21)19(26)23-9-3-4-17(23)18(25)22-16(20(27)28)11-13-5-7-14(24)8-6-13/h5-8,12,15-17,24H,3-4,9-11,21H2,1-2H3,(H,22,25)(H,27,28)/t15-,16-,17-/m0/s1. The molecular formula is C20H29N3O5. The minimum absolute atomic E-state index is 0.0783. The summed E-state index contributed by atoms with van der Waals surface area (Å²) < 4.78 is 0. The van der Waals surface area contributed by atoms with Crippen molar-refractivity contribution in [2.24, 2.45) is 11.7 Å². The molecule has 0 radical (unpaired) electrons. The molecule has 1 fully saturated rings. The van der Waals surface area contributed by atoms with Crippen LogP contribution in [0.1, 0.15) is 38.7 Å². The Bertz CT molecular complexity index is 704. The van der Waals surface area contributed by atoms with Crippen LogP contribution >= 0.6 is 0 Å². The molecule has 2 rings (SSSR count). The van der Waals surface area contributed by atoms with Gasteiger partial charge in [-0.05, 0) is 42.9 Å². The highest BCUT2D eigenvalue weighted by atomic mass is 16.4. The lowest BCUT2D eigenvalue weighted by Gasteiger charge is -2.28. The molecule has 0 spiro atoms. The molecule has 1 aromatic carbocycles. The fraction of sp³-hybridized carbons (Fsp3) is 0.550. The Hall–Kier alpha value is -2.61. The Morgan fingerprint density at radius 3 is 2.46 bits per heavy atom. The largest absolute Gasteiger partial charge is 0.508 e. The number of phenolic OH excluding ortho intramolecular Hbond substituents is 1. The molecule has 5 N–H and O–H groups in total. The van der Waals surface area contributed by atoms with Crippen molar-refractivity contribution in [2.45, 2.75) is 57.7 Å². The number of amides is 2. The first-order valence-electron chi connectivity index (χ1n) is 9.56. The van der Waals surface area contributed by atoms with Crippen molar-refractivity contribution in [2.75, 3.05) is 6.54 Å². The minimum Gasteiger partial charge on any atom is -0.508 e. The third-order valence-electron chi connectivity index (χ3n) is 4.87. The van der Waals surface area contributed by atoms with Crippen molar-refractivity contribution in [3.05, 3.63) is 29.8 Å². The van der Waals surface area contributed by atoms with Crippen LogP contribution in [0.25, 0.3) is 0 Å². The molecule has 0 unspecified atom stereocenters. The van der Waals surface area contributed by atoms with Gasteiger partial charge in [-0.1, -0.05) is 26.0 Å². The predicted molar refractivity (Wildman–Crippen MR) is 104 cm³/mol. The zero-order valence-electron chi connectivity index (χ0n) is 16.3. The molecule has 28 heavy (non-hydrogen) atoms. The molecule has 1 aromatic rings. The van der Waals surface area contributed by atoms with Crippen LogP contribution in [0, 0.1) is 5.92 Å². The summed E-state index contributed by atoms with van der Waals surface area (Å²) in [7, 11) is 0. The van der Waals surface area contributed by atoms with E-state index >= 15 is 0 Å². The molecule has 8 nitrogen and oxygen atoms in total. The monoisotopic (exact) mass is 391 g/mol. The van der Waals surface area contributed by atoms with E-state index in [0.29, 0.717) is 31.4 Å². The molecule has 0 aliphatic carbocycles. The SMILES string of the molecule is CC(C)C[C@H](N)C(=O)N1CCC[C@H]1C(=O)N[C@@H](Cc1ccc(O)cc1)C(=O)O. The molecule has 0 aromatic heterocycles. The number of nitrogens with two attached hydrogens (primary N) is 1. The van der Waals surface area contributed by atoms with Crippen LogP contribution in [0.3, 0.4) is 0 Å². The Morgan fingerprint density at radius 1 is 1.25 bits per heavy atom. The topological polar surface area (TPSA) is 133 Å². The summed E-state index contributed by atoms with van der Waals surface area (Å²) in [5.74, 6) is -1.56. The van der Waals surface area contributed by atoms with Crippen LogP contribution in [0.5, 0.6) is 5.75 Å². The average Bonchev–Trinajstić information content (AvgIpc) is 3.11. The van der Waals surface area contributed by atoms with Gasteiger partial charge < -0.3 is 26.2 Å². The third kappa shape index (κ3) is 5.69. The van der Waals surface area contributed by atoms with Crippen molar-refractivity contribution in [1.82, 2.24) is 10.2 Å². The second-order valence-corrected chi connectivity index (χ2v) is 7.70. The van der Waals surface area contributed by atoms with Gasteiger partial charge in [0.2, 0.25) is 11.8 Å². The zero-order chi connectivity index (χ0) is 20.8. The fourth-order valence-electron chi connectivity index (χ4n) is 3.46. The van der Waals surface area contributed by atoms with E-state index in [1.807, 2.05) is 13.8 Å². The third-order valence-corrected chi connectivity index (χ3v) is 4.87. The maximum atomic E-state index is 12.7. The number of hydrogen-bond donors (Lipinski definition) is 4. The second-order valence-electron chi connectivity index (χ2n) is 7.70. The van der Waals surface area contributed by atoms with Gasteiger partial charge in [0.15, 0.2) is 0 Å². The summed E-state index contributed by atoms with van der Waals surface area (Å²) in [4.78, 5) is 38.4. The molecule has 2 amide bonds. The first kappa shape index (κ1) is 21.7. The predicted octanol–water partition coefficient (Wildman–Crippen LogP) is 0.869. The normalized spacial score (nSPS) is 18.7. The van der Waals surface area contributed by atoms with Crippen LogP contribution in [-0.2, 0) is 20.8 Å². The first-order chi connectivity index (χ1) is 13.2. The van der Waals surface area contributed by atoms with Gasteiger partial charge in [-0.15, -0.1) is 0 Å². The van der Waals surface area contributed by atoms with Gasteiger partial charge in [-0.2, -0.15) is 0 Å². The summed E-state index contributed by atoms with van der Waals surface area (Å²) in [6.45, 7) is 4.39. The van der Waals surface area contributed by atoms with Crippen LogP contribution in [0.4, 0.5) is 0 Å². The lowest BCUT2D eigenvalue weighted by atomic mass is 10.0. The number of rotatable bonds is 8. The molecule has 8 heteroatoms. The van der Waals surface area contributed by atoms with Gasteiger partial charge in [0.25, 0.3) is 0 Å². The van der Waals surface area contributed by atoms with Gasteiger partial charge in [0.05, 0.1) is 6.04 Å². The number of nitrogens with one attached hydrogen (secondary N) is 1. The number of carbonyl (C=O) groups is 3. The van der Waals surface area contributed by atoms with E-state index in [2.05, 4.69) is 5.32 Å². The highest BCUT2D eigenvalue weighted by Crippen LogP contribution is 2.20. The van der Waals surface area contributed by atoms with Crippen LogP contribution in [-0.4, -0.2) is 57.6 Å². The van der Waals surface area contributed by atoms with Crippen LogP contribution < -0.4 is 11.1 Å². The fourth-order valence-corrected chi connectivity index (χ4v) is 3.46. The van der Waals surface area contributed by atoms with Gasteiger partial charge in [-0.25, -0.2) is 4.79 Å². The van der Waals surface area contributed by atoms with Crippen LogP contribution in [0.2, 0.25) is 0 Å². The van der Waals surface area contributed by atoms with Gasteiger partial charge in [0.1, 0.15) is 17.8 Å². The lowest BCUT2D eigenvalue weighted by Crippen LogP contribution is -2.54. The second kappa shape index (κ2) is 9.54. The van der Waals surface area contributed by atoms with Crippen molar-refractivity contribution < 1.29 is 24.6 Å². The van der Waals surface area contributed by atoms with E-state index in [-0.39, 0.29) is 24.0 Å². The summed E-state index contributed by atoms with van der Waals surface area (Å²) in [5.41, 5.74) is 6.66. The maximum Gasteiger partial charge on any atom is 0.326 e. The Labute approximate surface area is 164 Å². The molecule has 0 saturated carbocycles. The van der Waals surface area contributed by atoms with Crippen LogP contribution in [0.15, 0.2) is 24.3 Å². The summed E-state index contributed by atoms with van der Waals surface area (Å²) in [6, 6.07) is 3.64. The summed E-state index contributed by atoms with van der Waals surface area (Å²) >= 11 is 0. The molecular weight excluding hydrogens is 362 g/mol. The number of aromatic hydroxyl groups is 1. The van der Waals surface area contributed by atoms with Gasteiger partial charge in [-0.3, -0.25) is 9.59 Å². The number of carbonyl (C=O) groups excluding carboxylic acids is 2. The van der Waals surface area contributed by atoms with E-state index in [0.717, 1.165) is 0 Å². The van der Waals surface area contributed by atoms with Gasteiger partial charge >= 0.3 is 5.97 Å². The number of likely N-dealkylation sites (tertiary alicyclic amines) is 1. The Kier molecular flexibility index (Phi) is 7.39. The molecule has 1 heterocycles. The van der Waals surface area contributed by atoms with E-state index in [9.17, 15) is 24.6 Å². The number of carboxylic acid groups (broad SMARTS) is 1. The molecule has 1 saturated heterocycles. The number of nitrogens with zero attached hydrogens (tertiary/aromatic N) is 1. The molecule has 3 atom stereocenters.